The van der Waals surface area contributed by atoms with E-state index in [1.54, 1.807) is 0 Å². The molecule has 0 saturated carbocycles. The first-order valence-corrected chi connectivity index (χ1v) is 21.4. The fourth-order valence-corrected chi connectivity index (χ4v) is 6.78. The average Bonchev–Trinajstić information content (AvgIpc) is 3.21. The van der Waals surface area contributed by atoms with Gasteiger partial charge >= 0.3 is 5.97 Å². The molecule has 1 unspecified atom stereocenters. The summed E-state index contributed by atoms with van der Waals surface area (Å²) >= 11 is 0. The molecule has 2 rings (SSSR count). The first-order valence-electron chi connectivity index (χ1n) is 21.4. The third kappa shape index (κ3) is 21.9. The van der Waals surface area contributed by atoms with Crippen LogP contribution < -0.4 is 32.7 Å². The number of carboxylic acids is 1. The van der Waals surface area contributed by atoms with E-state index >= 15 is 0 Å². The van der Waals surface area contributed by atoms with E-state index in [0.717, 1.165) is 81.8 Å². The van der Waals surface area contributed by atoms with E-state index < -0.39 is 66.1 Å². The van der Waals surface area contributed by atoms with Gasteiger partial charge in [-0.1, -0.05) is 145 Å². The van der Waals surface area contributed by atoms with E-state index in [1.807, 2.05) is 74.5 Å². The Labute approximate surface area is 349 Å². The van der Waals surface area contributed by atoms with Crippen LogP contribution in [0.5, 0.6) is 0 Å². The number of nitrogens with one attached hydrogen (secondary N) is 4. The Hall–Kier alpha value is -5.27. The number of unbranched alkanes of at least 4 members (excludes halogenated alkanes) is 11. The molecule has 5 atom stereocenters. The second-order valence-electron chi connectivity index (χ2n) is 15.5. The first-order chi connectivity index (χ1) is 28.3. The Balaban J connectivity index is 1.56. The summed E-state index contributed by atoms with van der Waals surface area (Å²) in [5.41, 5.74) is 12.7. The molecular weight excluding hydrogens is 753 g/mol. The smallest absolute Gasteiger partial charge is 0.326 e. The Morgan fingerprint density at radius 1 is 0.576 bits per heavy atom. The number of benzene rings is 2. The van der Waals surface area contributed by atoms with Crippen LogP contribution in [0.1, 0.15) is 134 Å². The summed E-state index contributed by atoms with van der Waals surface area (Å²) < 4.78 is 0. The van der Waals surface area contributed by atoms with Gasteiger partial charge in [0.15, 0.2) is 0 Å². The molecule has 2 aromatic rings. The molecule has 0 radical (unpaired) electrons. The maximum absolute atomic E-state index is 13.2. The van der Waals surface area contributed by atoms with Crippen molar-refractivity contribution in [3.8, 4) is 0 Å². The average molecular weight is 821 g/mol. The Morgan fingerprint density at radius 3 is 1.49 bits per heavy atom. The highest BCUT2D eigenvalue weighted by Gasteiger charge is 2.30. The number of carboxylic acid groups (broad SMARTS) is 1. The lowest BCUT2D eigenvalue weighted by Gasteiger charge is -2.26. The van der Waals surface area contributed by atoms with Crippen molar-refractivity contribution < 1.29 is 38.7 Å². The Kier molecular flexibility index (Phi) is 24.5. The van der Waals surface area contributed by atoms with Crippen molar-refractivity contribution in [3.05, 3.63) is 71.8 Å². The minimum atomic E-state index is -1.25. The van der Waals surface area contributed by atoms with Crippen molar-refractivity contribution in [3.63, 3.8) is 0 Å². The van der Waals surface area contributed by atoms with Gasteiger partial charge in [-0.3, -0.25) is 28.8 Å². The molecule has 14 heteroatoms. The maximum Gasteiger partial charge on any atom is 0.326 e. The van der Waals surface area contributed by atoms with E-state index in [0.29, 0.717) is 25.7 Å². The SMILES string of the molecule is CCC(C)[C@H](NC(=O)CCCCCCCCCCCCCCC(=O)N[C@@H](CC(N)=O)C(=O)N[C@@H](CCc1ccccc1)C(=O)O)C(=O)N[C@@H](Cc1ccccc1)C(N)=O. The van der Waals surface area contributed by atoms with Crippen molar-refractivity contribution in [2.75, 3.05) is 0 Å². The maximum atomic E-state index is 13.2. The fraction of sp³-hybridized carbons (Fsp3) is 0.578. The highest BCUT2D eigenvalue weighted by molar-refractivity contribution is 5.94. The number of hydrogen-bond acceptors (Lipinski definition) is 7. The van der Waals surface area contributed by atoms with Crippen LogP contribution in [0.15, 0.2) is 60.7 Å². The lowest BCUT2D eigenvalue weighted by Crippen LogP contribution is -2.55. The lowest BCUT2D eigenvalue weighted by atomic mass is 9.97. The molecule has 0 fully saturated rings. The summed E-state index contributed by atoms with van der Waals surface area (Å²) in [6, 6.07) is 14.5. The second kappa shape index (κ2) is 29.0. The van der Waals surface area contributed by atoms with E-state index in [1.165, 1.54) is 0 Å². The molecule has 326 valence electrons. The molecule has 6 amide bonds. The predicted octanol–water partition coefficient (Wildman–Crippen LogP) is 4.75. The summed E-state index contributed by atoms with van der Waals surface area (Å²) in [6.45, 7) is 3.85. The third-order valence-corrected chi connectivity index (χ3v) is 10.5. The Morgan fingerprint density at radius 2 is 1.03 bits per heavy atom. The van der Waals surface area contributed by atoms with Crippen molar-refractivity contribution in [1.82, 2.24) is 21.3 Å². The summed E-state index contributed by atoms with van der Waals surface area (Å²) in [6.07, 6.45) is 13.3. The normalized spacial score (nSPS) is 13.5. The van der Waals surface area contributed by atoms with Gasteiger partial charge in [0.1, 0.15) is 24.2 Å². The molecule has 0 bridgehead atoms. The van der Waals surface area contributed by atoms with Gasteiger partial charge in [0, 0.05) is 19.3 Å². The number of primary amides is 2. The molecule has 59 heavy (non-hydrogen) atoms. The van der Waals surface area contributed by atoms with Crippen LogP contribution in [0.4, 0.5) is 0 Å². The second-order valence-corrected chi connectivity index (χ2v) is 15.5. The number of carbonyl (C=O) groups is 7. The molecule has 0 spiro atoms. The third-order valence-electron chi connectivity index (χ3n) is 10.5. The molecule has 9 N–H and O–H groups in total. The molecule has 0 heterocycles. The van der Waals surface area contributed by atoms with Gasteiger partial charge in [0.25, 0.3) is 0 Å². The van der Waals surface area contributed by atoms with Crippen molar-refractivity contribution in [2.24, 2.45) is 17.4 Å². The number of aryl methyl sites for hydroxylation is 1. The molecule has 0 aliphatic heterocycles. The molecule has 0 aliphatic rings. The molecule has 0 aliphatic carbocycles. The van der Waals surface area contributed by atoms with Crippen molar-refractivity contribution in [1.29, 1.82) is 0 Å². The standard InChI is InChI=1S/C45H68N6O8/c1-3-32(2)41(44(57)50-36(42(47)55)30-34-24-18-15-19-25-34)51-40(54)27-21-13-11-9-7-5-4-6-8-10-12-20-26-39(53)48-37(31-38(46)52)43(56)49-35(45(58)59)29-28-33-22-16-14-17-23-33/h14-19,22-25,32,35-37,41H,3-13,20-21,26-31H2,1-2H3,(H2,46,52)(H2,47,55)(H,48,53)(H,49,56)(H,50,57)(H,51,54)(H,58,59)/t32?,35-,36-,37-,41-/m0/s1. The van der Waals surface area contributed by atoms with Crippen LogP contribution in [0.25, 0.3) is 0 Å². The minimum Gasteiger partial charge on any atom is -0.480 e. The summed E-state index contributed by atoms with van der Waals surface area (Å²) in [7, 11) is 0. The highest BCUT2D eigenvalue weighted by atomic mass is 16.4. The highest BCUT2D eigenvalue weighted by Crippen LogP contribution is 2.15. The van der Waals surface area contributed by atoms with E-state index in [-0.39, 0.29) is 31.1 Å². The van der Waals surface area contributed by atoms with E-state index in [9.17, 15) is 38.7 Å². The van der Waals surface area contributed by atoms with Crippen LogP contribution in [-0.2, 0) is 46.4 Å². The molecular formula is C45H68N6O8. The van der Waals surface area contributed by atoms with Gasteiger partial charge in [0.05, 0.1) is 6.42 Å². The first kappa shape index (κ1) is 49.9. The van der Waals surface area contributed by atoms with Crippen molar-refractivity contribution in [2.45, 2.75) is 160 Å². The number of carbonyl (C=O) groups excluding carboxylic acids is 6. The Bertz CT molecular complexity index is 1590. The monoisotopic (exact) mass is 821 g/mol. The largest absolute Gasteiger partial charge is 0.480 e. The van der Waals surface area contributed by atoms with Crippen LogP contribution in [0.3, 0.4) is 0 Å². The number of aliphatic carboxylic acids is 1. The van der Waals surface area contributed by atoms with Crippen LogP contribution >= 0.6 is 0 Å². The molecule has 0 aromatic heterocycles. The molecule has 0 saturated heterocycles. The zero-order valence-corrected chi connectivity index (χ0v) is 35.1. The van der Waals surface area contributed by atoms with Gasteiger partial charge in [-0.25, -0.2) is 4.79 Å². The zero-order valence-electron chi connectivity index (χ0n) is 35.1. The predicted molar refractivity (Wildman–Crippen MR) is 227 cm³/mol. The summed E-state index contributed by atoms with van der Waals surface area (Å²) in [4.78, 5) is 86.9. The topological polar surface area (TPSA) is 240 Å². The van der Waals surface area contributed by atoms with Crippen molar-refractivity contribution >= 4 is 41.4 Å². The summed E-state index contributed by atoms with van der Waals surface area (Å²) in [5.74, 6) is -4.47. The van der Waals surface area contributed by atoms with Crippen LogP contribution in [-0.4, -0.2) is 70.7 Å². The van der Waals surface area contributed by atoms with E-state index in [4.69, 9.17) is 11.5 Å². The number of rotatable bonds is 32. The molecule has 14 nitrogen and oxygen atoms in total. The lowest BCUT2D eigenvalue weighted by molar-refractivity contribution is -0.142. The van der Waals surface area contributed by atoms with Gasteiger partial charge in [-0.2, -0.15) is 0 Å². The quantitative estimate of drug-likeness (QED) is 0.0507. The number of amides is 6. The summed E-state index contributed by atoms with van der Waals surface area (Å²) in [5, 5.41) is 20.3. The minimum absolute atomic E-state index is 0.121. The van der Waals surface area contributed by atoms with Gasteiger partial charge in [-0.05, 0) is 42.7 Å². The zero-order chi connectivity index (χ0) is 43.4. The van der Waals surface area contributed by atoms with Crippen LogP contribution in [0.2, 0.25) is 0 Å². The fourth-order valence-electron chi connectivity index (χ4n) is 6.78. The molecule has 2 aromatic carbocycles. The number of hydrogen-bond donors (Lipinski definition) is 7. The van der Waals surface area contributed by atoms with Gasteiger partial charge in [-0.15, -0.1) is 0 Å². The van der Waals surface area contributed by atoms with Gasteiger partial charge < -0.3 is 37.8 Å². The van der Waals surface area contributed by atoms with Crippen LogP contribution in [0, 0.1) is 5.92 Å². The van der Waals surface area contributed by atoms with E-state index in [2.05, 4.69) is 21.3 Å². The number of nitrogens with two attached hydrogens (primary N) is 2. The van der Waals surface area contributed by atoms with Gasteiger partial charge in [0.2, 0.25) is 35.4 Å².